The molecule has 2 N–H and O–H groups in total. The molecular formula is C10H13NO2. The van der Waals surface area contributed by atoms with Gasteiger partial charge >= 0.3 is 0 Å². The van der Waals surface area contributed by atoms with E-state index in [1.54, 1.807) is 0 Å². The summed E-state index contributed by atoms with van der Waals surface area (Å²) in [4.78, 5) is 0. The number of ether oxygens (including phenoxy) is 2. The molecule has 1 aliphatic heterocycles. The lowest BCUT2D eigenvalue weighted by molar-refractivity contribution is 0.0765. The lowest BCUT2D eigenvalue weighted by atomic mass is 10.2. The number of hydrogen-bond acceptors (Lipinski definition) is 3. The first-order valence-corrected chi connectivity index (χ1v) is 4.41. The maximum absolute atomic E-state index is 5.72. The summed E-state index contributed by atoms with van der Waals surface area (Å²) >= 11 is 0. The second-order valence-electron chi connectivity index (χ2n) is 3.27. The average Bonchev–Trinajstić information content (AvgIpc) is 2.17. The minimum absolute atomic E-state index is 0.00615. The van der Waals surface area contributed by atoms with Gasteiger partial charge in [-0.25, -0.2) is 0 Å². The van der Waals surface area contributed by atoms with Crippen LogP contribution in [0.25, 0.3) is 0 Å². The van der Waals surface area contributed by atoms with Crippen molar-refractivity contribution in [3.8, 4) is 11.5 Å². The fourth-order valence-electron chi connectivity index (χ4n) is 1.29. The average molecular weight is 179 g/mol. The van der Waals surface area contributed by atoms with Crippen molar-refractivity contribution in [2.45, 2.75) is 19.1 Å². The van der Waals surface area contributed by atoms with Crippen molar-refractivity contribution in [2.75, 3.05) is 6.61 Å². The van der Waals surface area contributed by atoms with Gasteiger partial charge < -0.3 is 15.2 Å². The van der Waals surface area contributed by atoms with Gasteiger partial charge in [-0.1, -0.05) is 12.1 Å². The van der Waals surface area contributed by atoms with E-state index >= 15 is 0 Å². The van der Waals surface area contributed by atoms with Crippen LogP contribution in [0.15, 0.2) is 24.3 Å². The van der Waals surface area contributed by atoms with Gasteiger partial charge in [0.15, 0.2) is 11.5 Å². The van der Waals surface area contributed by atoms with Gasteiger partial charge in [0, 0.05) is 6.04 Å². The molecule has 1 aliphatic rings. The fourth-order valence-corrected chi connectivity index (χ4v) is 1.29. The zero-order valence-corrected chi connectivity index (χ0v) is 7.57. The third-order valence-electron chi connectivity index (χ3n) is 2.12. The maximum atomic E-state index is 5.72. The van der Waals surface area contributed by atoms with Crippen LogP contribution >= 0.6 is 0 Å². The van der Waals surface area contributed by atoms with Crippen LogP contribution in [0.5, 0.6) is 11.5 Å². The fraction of sp³-hybridized carbons (Fsp3) is 0.400. The van der Waals surface area contributed by atoms with Crippen molar-refractivity contribution in [1.29, 1.82) is 0 Å². The monoisotopic (exact) mass is 179 g/mol. The molecule has 70 valence electrons. The van der Waals surface area contributed by atoms with E-state index in [1.807, 2.05) is 31.2 Å². The Bertz CT molecular complexity index is 299. The van der Waals surface area contributed by atoms with Gasteiger partial charge in [0.05, 0.1) is 0 Å². The highest BCUT2D eigenvalue weighted by molar-refractivity contribution is 5.40. The Balaban J connectivity index is 2.20. The molecule has 0 bridgehead atoms. The van der Waals surface area contributed by atoms with Crippen molar-refractivity contribution < 1.29 is 9.47 Å². The molecule has 0 fully saturated rings. The van der Waals surface area contributed by atoms with E-state index in [4.69, 9.17) is 15.2 Å². The molecule has 0 spiro atoms. The van der Waals surface area contributed by atoms with Crippen LogP contribution in [0, 0.1) is 0 Å². The number of rotatable bonds is 1. The Morgan fingerprint density at radius 3 is 2.77 bits per heavy atom. The SMILES string of the molecule is C[C@@H](N)[C@@H]1COc2ccccc2O1. The molecule has 0 radical (unpaired) electrons. The lowest BCUT2D eigenvalue weighted by Crippen LogP contribution is -2.42. The topological polar surface area (TPSA) is 44.5 Å². The van der Waals surface area contributed by atoms with Crippen molar-refractivity contribution in [3.63, 3.8) is 0 Å². The lowest BCUT2D eigenvalue weighted by Gasteiger charge is -2.28. The normalized spacial score (nSPS) is 22.5. The summed E-state index contributed by atoms with van der Waals surface area (Å²) in [7, 11) is 0. The summed E-state index contributed by atoms with van der Waals surface area (Å²) in [5.41, 5.74) is 5.72. The second kappa shape index (κ2) is 3.26. The first-order chi connectivity index (χ1) is 6.27. The minimum atomic E-state index is -0.0325. The Labute approximate surface area is 77.5 Å². The molecule has 1 heterocycles. The van der Waals surface area contributed by atoms with Gasteiger partial charge in [0.25, 0.3) is 0 Å². The van der Waals surface area contributed by atoms with E-state index < -0.39 is 0 Å². The molecular weight excluding hydrogens is 166 g/mol. The van der Waals surface area contributed by atoms with Crippen LogP contribution < -0.4 is 15.2 Å². The van der Waals surface area contributed by atoms with Crippen LogP contribution in [0.2, 0.25) is 0 Å². The van der Waals surface area contributed by atoms with Crippen molar-refractivity contribution >= 4 is 0 Å². The Hall–Kier alpha value is -1.22. The summed E-state index contributed by atoms with van der Waals surface area (Å²) in [6, 6.07) is 7.63. The van der Waals surface area contributed by atoms with E-state index in [0.717, 1.165) is 11.5 Å². The molecule has 3 heteroatoms. The minimum Gasteiger partial charge on any atom is -0.486 e. The third kappa shape index (κ3) is 1.60. The summed E-state index contributed by atoms with van der Waals surface area (Å²) < 4.78 is 11.1. The second-order valence-corrected chi connectivity index (χ2v) is 3.27. The zero-order chi connectivity index (χ0) is 9.26. The van der Waals surface area contributed by atoms with E-state index in [0.29, 0.717) is 6.61 Å². The van der Waals surface area contributed by atoms with Crippen molar-refractivity contribution in [3.05, 3.63) is 24.3 Å². The molecule has 0 amide bonds. The van der Waals surface area contributed by atoms with Crippen LogP contribution in [0.1, 0.15) is 6.92 Å². The number of hydrogen-bond donors (Lipinski definition) is 1. The molecule has 0 aliphatic carbocycles. The van der Waals surface area contributed by atoms with Crippen LogP contribution in [-0.2, 0) is 0 Å². The highest BCUT2D eigenvalue weighted by Gasteiger charge is 2.23. The summed E-state index contributed by atoms with van der Waals surface area (Å²) in [6.45, 7) is 2.46. The van der Waals surface area contributed by atoms with Crippen LogP contribution in [0.3, 0.4) is 0 Å². The van der Waals surface area contributed by atoms with Gasteiger partial charge in [-0.05, 0) is 19.1 Å². The van der Waals surface area contributed by atoms with Gasteiger partial charge in [-0.2, -0.15) is 0 Å². The van der Waals surface area contributed by atoms with Crippen molar-refractivity contribution in [1.82, 2.24) is 0 Å². The molecule has 1 aromatic carbocycles. The summed E-state index contributed by atoms with van der Waals surface area (Å²) in [5, 5.41) is 0. The Morgan fingerprint density at radius 1 is 1.38 bits per heavy atom. The predicted molar refractivity (Wildman–Crippen MR) is 50.0 cm³/mol. The number of benzene rings is 1. The predicted octanol–water partition coefficient (Wildman–Crippen LogP) is 1.17. The molecule has 2 rings (SSSR count). The molecule has 0 saturated carbocycles. The molecule has 2 atom stereocenters. The quantitative estimate of drug-likeness (QED) is 0.704. The highest BCUT2D eigenvalue weighted by atomic mass is 16.6. The van der Waals surface area contributed by atoms with E-state index in [9.17, 15) is 0 Å². The molecule has 1 aromatic rings. The summed E-state index contributed by atoms with van der Waals surface area (Å²) in [6.07, 6.45) is -0.0325. The standard InChI is InChI=1S/C10H13NO2/c1-7(11)10-6-12-8-4-2-3-5-9(8)13-10/h2-5,7,10H,6,11H2,1H3/t7-,10+/m1/s1. The first kappa shape index (κ1) is 8.38. The molecule has 0 saturated heterocycles. The number of nitrogens with two attached hydrogens (primary N) is 1. The zero-order valence-electron chi connectivity index (χ0n) is 7.57. The Kier molecular flexibility index (Phi) is 2.10. The van der Waals surface area contributed by atoms with Gasteiger partial charge in [-0.15, -0.1) is 0 Å². The molecule has 0 aromatic heterocycles. The first-order valence-electron chi connectivity index (χ1n) is 4.41. The smallest absolute Gasteiger partial charge is 0.161 e. The molecule has 13 heavy (non-hydrogen) atoms. The van der Waals surface area contributed by atoms with Crippen molar-refractivity contribution in [2.24, 2.45) is 5.73 Å². The number of para-hydroxylation sites is 2. The van der Waals surface area contributed by atoms with Crippen LogP contribution in [-0.4, -0.2) is 18.8 Å². The van der Waals surface area contributed by atoms with Gasteiger partial charge in [-0.3, -0.25) is 0 Å². The number of fused-ring (bicyclic) bond motifs is 1. The maximum Gasteiger partial charge on any atom is 0.161 e. The third-order valence-corrected chi connectivity index (χ3v) is 2.12. The summed E-state index contributed by atoms with van der Waals surface area (Å²) in [5.74, 6) is 1.59. The highest BCUT2D eigenvalue weighted by Crippen LogP contribution is 2.31. The molecule has 3 nitrogen and oxygen atoms in total. The molecule has 0 unspecified atom stereocenters. The Morgan fingerprint density at radius 2 is 2.08 bits per heavy atom. The van der Waals surface area contributed by atoms with Gasteiger partial charge in [0.1, 0.15) is 12.7 Å². The van der Waals surface area contributed by atoms with E-state index in [-0.39, 0.29) is 12.1 Å². The van der Waals surface area contributed by atoms with E-state index in [1.165, 1.54) is 0 Å². The van der Waals surface area contributed by atoms with Crippen LogP contribution in [0.4, 0.5) is 0 Å². The van der Waals surface area contributed by atoms with Gasteiger partial charge in [0.2, 0.25) is 0 Å². The van der Waals surface area contributed by atoms with E-state index in [2.05, 4.69) is 0 Å². The largest absolute Gasteiger partial charge is 0.486 e.